The highest BCUT2D eigenvalue weighted by Gasteiger charge is 2.45. The number of fused-ring (bicyclic) bond motifs is 1. The standard InChI is InChI=1S/C22H28N4O7/c1-22(2,3)15(11-33-21(23)31)32-10-9-24-13-6-4-5-12-17(13)20(30)26(19(12)29)14-7-8-16(27)25-18(14)28/h4-6,14-15,24H,7-11H2,1-3H3,(H2,23,31)(H,25,27,28). The van der Waals surface area contributed by atoms with E-state index in [0.717, 1.165) is 4.90 Å². The summed E-state index contributed by atoms with van der Waals surface area (Å²) in [4.78, 5) is 61.4. The van der Waals surface area contributed by atoms with E-state index in [0.29, 0.717) is 12.2 Å². The summed E-state index contributed by atoms with van der Waals surface area (Å²) in [6.45, 7) is 6.35. The number of nitrogens with zero attached hydrogens (tertiary/aromatic N) is 1. The number of carbonyl (C=O) groups is 5. The molecule has 0 saturated carbocycles. The zero-order valence-electron chi connectivity index (χ0n) is 18.8. The minimum Gasteiger partial charge on any atom is -0.447 e. The number of rotatable bonds is 8. The first kappa shape index (κ1) is 24.2. The first-order valence-corrected chi connectivity index (χ1v) is 10.6. The molecule has 1 fully saturated rings. The van der Waals surface area contributed by atoms with Crippen LogP contribution in [0, 0.1) is 5.41 Å². The number of hydrogen-bond donors (Lipinski definition) is 3. The molecule has 1 aromatic carbocycles. The molecule has 0 aliphatic carbocycles. The Hall–Kier alpha value is -3.47. The SMILES string of the molecule is CC(C)(C)C(COC(N)=O)OCCNc1cccc2c1C(=O)N(C1CCC(=O)NC1=O)C2=O. The molecule has 178 valence electrons. The molecule has 11 heteroatoms. The molecule has 0 spiro atoms. The lowest BCUT2D eigenvalue weighted by Gasteiger charge is -2.30. The molecule has 2 heterocycles. The van der Waals surface area contributed by atoms with Crippen LogP contribution in [0.3, 0.4) is 0 Å². The van der Waals surface area contributed by atoms with Gasteiger partial charge >= 0.3 is 6.09 Å². The first-order valence-electron chi connectivity index (χ1n) is 10.6. The number of amides is 5. The average molecular weight is 460 g/mol. The number of ether oxygens (including phenoxy) is 2. The van der Waals surface area contributed by atoms with Gasteiger partial charge in [-0.2, -0.15) is 0 Å². The molecule has 2 aliphatic rings. The van der Waals surface area contributed by atoms with Crippen LogP contribution < -0.4 is 16.4 Å². The van der Waals surface area contributed by atoms with Gasteiger partial charge in [-0.3, -0.25) is 29.4 Å². The topological polar surface area (TPSA) is 157 Å². The Labute approximate surface area is 190 Å². The molecule has 1 aromatic rings. The van der Waals surface area contributed by atoms with Gasteiger partial charge in [0.15, 0.2) is 0 Å². The van der Waals surface area contributed by atoms with E-state index in [9.17, 15) is 24.0 Å². The minimum absolute atomic E-state index is 0.00741. The fraction of sp³-hybridized carbons (Fsp3) is 0.500. The normalized spacial score (nSPS) is 19.2. The third-order valence-electron chi connectivity index (χ3n) is 5.55. The van der Waals surface area contributed by atoms with Crippen LogP contribution in [0.5, 0.6) is 0 Å². The lowest BCUT2D eigenvalue weighted by molar-refractivity contribution is -0.136. The molecule has 2 unspecified atom stereocenters. The molecular formula is C22H28N4O7. The van der Waals surface area contributed by atoms with Crippen molar-refractivity contribution in [3.8, 4) is 0 Å². The van der Waals surface area contributed by atoms with Gasteiger partial charge < -0.3 is 20.5 Å². The van der Waals surface area contributed by atoms with Crippen molar-refractivity contribution in [2.75, 3.05) is 25.1 Å². The second-order valence-corrected chi connectivity index (χ2v) is 8.96. The number of nitrogens with one attached hydrogen (secondary N) is 2. The number of carbonyl (C=O) groups excluding carboxylic acids is 5. The maximum atomic E-state index is 13.1. The highest BCUT2D eigenvalue weighted by molar-refractivity contribution is 6.25. The Kier molecular flexibility index (Phi) is 7.01. The predicted molar refractivity (Wildman–Crippen MR) is 116 cm³/mol. The molecule has 2 aliphatic heterocycles. The number of piperidine rings is 1. The summed E-state index contributed by atoms with van der Waals surface area (Å²) in [6.07, 6.45) is -1.14. The molecule has 1 saturated heterocycles. The summed E-state index contributed by atoms with van der Waals surface area (Å²) in [6, 6.07) is 3.80. The van der Waals surface area contributed by atoms with Gasteiger partial charge in [-0.1, -0.05) is 26.8 Å². The number of imide groups is 2. The van der Waals surface area contributed by atoms with Gasteiger partial charge in [-0.25, -0.2) is 4.79 Å². The van der Waals surface area contributed by atoms with E-state index in [2.05, 4.69) is 10.6 Å². The fourth-order valence-corrected chi connectivity index (χ4v) is 3.76. The number of primary amides is 1. The first-order chi connectivity index (χ1) is 15.5. The van der Waals surface area contributed by atoms with Gasteiger partial charge in [0.2, 0.25) is 11.8 Å². The van der Waals surface area contributed by atoms with Crippen LogP contribution in [0.1, 0.15) is 54.3 Å². The Balaban J connectivity index is 1.67. The van der Waals surface area contributed by atoms with Crippen LogP contribution in [0.4, 0.5) is 10.5 Å². The lowest BCUT2D eigenvalue weighted by Crippen LogP contribution is -2.54. The smallest absolute Gasteiger partial charge is 0.404 e. The maximum absolute atomic E-state index is 13.1. The Morgan fingerprint density at radius 1 is 1.24 bits per heavy atom. The minimum atomic E-state index is -1.02. The summed E-state index contributed by atoms with van der Waals surface area (Å²) in [5.74, 6) is -2.24. The Bertz CT molecular complexity index is 985. The van der Waals surface area contributed by atoms with Crippen molar-refractivity contribution in [1.29, 1.82) is 0 Å². The van der Waals surface area contributed by atoms with Crippen LogP contribution in [0.15, 0.2) is 18.2 Å². The second-order valence-electron chi connectivity index (χ2n) is 8.96. The quantitative estimate of drug-likeness (QED) is 0.383. The number of anilines is 1. The number of hydrogen-bond acceptors (Lipinski definition) is 8. The zero-order chi connectivity index (χ0) is 24.3. The van der Waals surface area contributed by atoms with Crippen molar-refractivity contribution in [1.82, 2.24) is 10.2 Å². The zero-order valence-corrected chi connectivity index (χ0v) is 18.8. The molecule has 0 bridgehead atoms. The molecule has 0 radical (unpaired) electrons. The highest BCUT2D eigenvalue weighted by Crippen LogP contribution is 2.32. The number of benzene rings is 1. The summed E-state index contributed by atoms with van der Waals surface area (Å²) >= 11 is 0. The third-order valence-corrected chi connectivity index (χ3v) is 5.55. The van der Waals surface area contributed by atoms with Crippen molar-refractivity contribution in [2.45, 2.75) is 45.8 Å². The summed E-state index contributed by atoms with van der Waals surface area (Å²) in [5.41, 5.74) is 5.53. The summed E-state index contributed by atoms with van der Waals surface area (Å²) in [5, 5.41) is 5.27. The van der Waals surface area contributed by atoms with Crippen molar-refractivity contribution in [3.05, 3.63) is 29.3 Å². The highest BCUT2D eigenvalue weighted by atomic mass is 16.6. The summed E-state index contributed by atoms with van der Waals surface area (Å²) in [7, 11) is 0. The molecule has 0 aromatic heterocycles. The van der Waals surface area contributed by atoms with E-state index in [-0.39, 0.29) is 42.6 Å². The van der Waals surface area contributed by atoms with Gasteiger partial charge in [0.1, 0.15) is 12.6 Å². The van der Waals surface area contributed by atoms with Crippen LogP contribution in [0.2, 0.25) is 0 Å². The second kappa shape index (κ2) is 9.57. The van der Waals surface area contributed by atoms with E-state index in [1.807, 2.05) is 20.8 Å². The average Bonchev–Trinajstić information content (AvgIpc) is 2.97. The molecule has 11 nitrogen and oxygen atoms in total. The molecule has 33 heavy (non-hydrogen) atoms. The van der Waals surface area contributed by atoms with Crippen LogP contribution in [0.25, 0.3) is 0 Å². The molecule has 5 amide bonds. The molecular weight excluding hydrogens is 432 g/mol. The van der Waals surface area contributed by atoms with Gasteiger partial charge in [0, 0.05) is 18.7 Å². The third kappa shape index (κ3) is 5.30. The van der Waals surface area contributed by atoms with Crippen LogP contribution in [-0.4, -0.2) is 66.5 Å². The van der Waals surface area contributed by atoms with E-state index in [4.69, 9.17) is 15.2 Å². The molecule has 2 atom stereocenters. The van der Waals surface area contributed by atoms with Gasteiger partial charge in [-0.15, -0.1) is 0 Å². The van der Waals surface area contributed by atoms with E-state index >= 15 is 0 Å². The summed E-state index contributed by atoms with van der Waals surface area (Å²) < 4.78 is 10.7. The van der Waals surface area contributed by atoms with E-state index in [1.165, 1.54) is 6.07 Å². The Morgan fingerprint density at radius 3 is 2.61 bits per heavy atom. The lowest BCUT2D eigenvalue weighted by atomic mass is 9.89. The van der Waals surface area contributed by atoms with E-state index in [1.54, 1.807) is 12.1 Å². The van der Waals surface area contributed by atoms with Crippen LogP contribution >= 0.6 is 0 Å². The van der Waals surface area contributed by atoms with Crippen molar-refractivity contribution >= 4 is 35.4 Å². The fourth-order valence-electron chi connectivity index (χ4n) is 3.76. The van der Waals surface area contributed by atoms with Crippen LogP contribution in [-0.2, 0) is 19.1 Å². The Morgan fingerprint density at radius 2 is 1.97 bits per heavy atom. The largest absolute Gasteiger partial charge is 0.447 e. The van der Waals surface area contributed by atoms with Crippen molar-refractivity contribution in [3.63, 3.8) is 0 Å². The predicted octanol–water partition coefficient (Wildman–Crippen LogP) is 1.03. The maximum Gasteiger partial charge on any atom is 0.404 e. The van der Waals surface area contributed by atoms with Gasteiger partial charge in [0.05, 0.1) is 23.8 Å². The van der Waals surface area contributed by atoms with Gasteiger partial charge in [0.25, 0.3) is 11.8 Å². The molecule has 3 rings (SSSR count). The molecule has 4 N–H and O–H groups in total. The van der Waals surface area contributed by atoms with E-state index < -0.39 is 41.9 Å². The van der Waals surface area contributed by atoms with Gasteiger partial charge in [-0.05, 0) is 24.0 Å². The van der Waals surface area contributed by atoms with Crippen molar-refractivity contribution in [2.24, 2.45) is 11.1 Å². The number of nitrogens with two attached hydrogens (primary N) is 1. The van der Waals surface area contributed by atoms with Crippen molar-refractivity contribution < 1.29 is 33.4 Å². The monoisotopic (exact) mass is 460 g/mol.